The maximum Gasteiger partial charge on any atom is 0.420 e. The molecule has 0 amide bonds. The highest BCUT2D eigenvalue weighted by atomic mass is 32.2. The quantitative estimate of drug-likeness (QED) is 0.851. The predicted molar refractivity (Wildman–Crippen MR) is 61.4 cm³/mol. The summed E-state index contributed by atoms with van der Waals surface area (Å²) in [6.45, 7) is -0.381. The topological polar surface area (TPSA) is 67.2 Å². The minimum Gasteiger partial charge on any atom is -0.492 e. The zero-order valence-corrected chi connectivity index (χ0v) is 10.7. The van der Waals surface area contributed by atoms with Crippen molar-refractivity contribution in [3.05, 3.63) is 29.3 Å². The van der Waals surface area contributed by atoms with Gasteiger partial charge in [-0.3, -0.25) is 0 Å². The molecule has 0 atom stereocenters. The van der Waals surface area contributed by atoms with E-state index in [0.717, 1.165) is 12.3 Å². The van der Waals surface area contributed by atoms with Crippen LogP contribution in [0.2, 0.25) is 0 Å². The first-order valence-corrected chi connectivity index (χ1v) is 7.11. The lowest BCUT2D eigenvalue weighted by atomic mass is 10.1. The summed E-state index contributed by atoms with van der Waals surface area (Å²) in [7, 11) is -3.31. The number of rotatable bonds is 4. The smallest absolute Gasteiger partial charge is 0.420 e. The first-order valence-electron chi connectivity index (χ1n) is 5.05. The molecule has 104 valence electrons. The average Bonchev–Trinajstić information content (AvgIpc) is 2.26. The molecular formula is C11H10F3NO3S. The highest BCUT2D eigenvalue weighted by Crippen LogP contribution is 2.36. The van der Waals surface area contributed by atoms with Gasteiger partial charge in [0.25, 0.3) is 0 Å². The summed E-state index contributed by atoms with van der Waals surface area (Å²) < 4.78 is 64.7. The number of benzene rings is 1. The van der Waals surface area contributed by atoms with E-state index in [1.165, 1.54) is 6.07 Å². The summed E-state index contributed by atoms with van der Waals surface area (Å²) in [5, 5.41) is 8.56. The van der Waals surface area contributed by atoms with Gasteiger partial charge < -0.3 is 4.74 Å². The fourth-order valence-corrected chi connectivity index (χ4v) is 1.64. The third-order valence-electron chi connectivity index (χ3n) is 2.13. The molecule has 0 heterocycles. The molecule has 0 aromatic heterocycles. The van der Waals surface area contributed by atoms with E-state index in [2.05, 4.69) is 0 Å². The standard InChI is InChI=1S/C11H10F3NO3S/c1-19(16,17)5-4-18-10-3-2-8(7-15)6-9(10)11(12,13)14/h2-3,6H,4-5H2,1H3. The fourth-order valence-electron chi connectivity index (χ4n) is 1.25. The van der Waals surface area contributed by atoms with Crippen LogP contribution in [-0.4, -0.2) is 27.0 Å². The molecule has 0 saturated heterocycles. The maximum atomic E-state index is 12.7. The van der Waals surface area contributed by atoms with Crippen LogP contribution in [0.15, 0.2) is 18.2 Å². The van der Waals surface area contributed by atoms with Gasteiger partial charge in [-0.25, -0.2) is 8.42 Å². The second-order valence-corrected chi connectivity index (χ2v) is 6.06. The molecule has 19 heavy (non-hydrogen) atoms. The van der Waals surface area contributed by atoms with Crippen molar-refractivity contribution in [2.75, 3.05) is 18.6 Å². The van der Waals surface area contributed by atoms with Crippen molar-refractivity contribution >= 4 is 9.84 Å². The zero-order chi connectivity index (χ0) is 14.7. The van der Waals surface area contributed by atoms with Crippen LogP contribution in [0, 0.1) is 11.3 Å². The van der Waals surface area contributed by atoms with Crippen molar-refractivity contribution in [2.45, 2.75) is 6.18 Å². The van der Waals surface area contributed by atoms with Gasteiger partial charge in [0.2, 0.25) is 0 Å². The van der Waals surface area contributed by atoms with Gasteiger partial charge in [-0.15, -0.1) is 0 Å². The zero-order valence-electron chi connectivity index (χ0n) is 9.86. The van der Waals surface area contributed by atoms with E-state index < -0.39 is 27.3 Å². The summed E-state index contributed by atoms with van der Waals surface area (Å²) in [5.41, 5.74) is -1.25. The molecule has 0 N–H and O–H groups in total. The largest absolute Gasteiger partial charge is 0.492 e. The summed E-state index contributed by atoms with van der Waals surface area (Å²) in [6.07, 6.45) is -3.72. The summed E-state index contributed by atoms with van der Waals surface area (Å²) >= 11 is 0. The molecule has 0 spiro atoms. The van der Waals surface area contributed by atoms with Crippen LogP contribution in [0.4, 0.5) is 13.2 Å². The van der Waals surface area contributed by atoms with Gasteiger partial charge in [0.05, 0.1) is 22.9 Å². The predicted octanol–water partition coefficient (Wildman–Crippen LogP) is 2.00. The lowest BCUT2D eigenvalue weighted by Crippen LogP contribution is -2.15. The van der Waals surface area contributed by atoms with Crippen molar-refractivity contribution < 1.29 is 26.3 Å². The Morgan fingerprint density at radius 3 is 2.47 bits per heavy atom. The van der Waals surface area contributed by atoms with E-state index in [1.807, 2.05) is 0 Å². The van der Waals surface area contributed by atoms with Gasteiger partial charge in [-0.1, -0.05) is 0 Å². The lowest BCUT2D eigenvalue weighted by molar-refractivity contribution is -0.138. The highest BCUT2D eigenvalue weighted by Gasteiger charge is 2.34. The summed E-state index contributed by atoms with van der Waals surface area (Å²) in [5.74, 6) is -0.875. The number of nitrogens with zero attached hydrogens (tertiary/aromatic N) is 1. The van der Waals surface area contributed by atoms with Crippen molar-refractivity contribution in [3.8, 4) is 11.8 Å². The highest BCUT2D eigenvalue weighted by molar-refractivity contribution is 7.90. The number of hydrogen-bond acceptors (Lipinski definition) is 4. The van der Waals surface area contributed by atoms with Crippen LogP contribution in [0.5, 0.6) is 5.75 Å². The lowest BCUT2D eigenvalue weighted by Gasteiger charge is -2.13. The normalized spacial score (nSPS) is 11.9. The first-order chi connectivity index (χ1) is 8.63. The molecule has 0 saturated carbocycles. The number of hydrogen-bond donors (Lipinski definition) is 0. The Balaban J connectivity index is 2.98. The van der Waals surface area contributed by atoms with Crippen LogP contribution in [0.25, 0.3) is 0 Å². The van der Waals surface area contributed by atoms with Crippen molar-refractivity contribution in [3.63, 3.8) is 0 Å². The first kappa shape index (κ1) is 15.3. The van der Waals surface area contributed by atoms with Crippen molar-refractivity contribution in [1.82, 2.24) is 0 Å². The van der Waals surface area contributed by atoms with E-state index in [0.29, 0.717) is 6.07 Å². The van der Waals surface area contributed by atoms with Crippen molar-refractivity contribution in [1.29, 1.82) is 5.26 Å². The molecule has 1 rings (SSSR count). The van der Waals surface area contributed by atoms with Crippen LogP contribution >= 0.6 is 0 Å². The monoisotopic (exact) mass is 293 g/mol. The Kier molecular flexibility index (Phi) is 4.42. The summed E-state index contributed by atoms with van der Waals surface area (Å²) in [6, 6.07) is 4.43. The van der Waals surface area contributed by atoms with Crippen LogP contribution in [-0.2, 0) is 16.0 Å². The average molecular weight is 293 g/mol. The maximum absolute atomic E-state index is 12.7. The molecule has 0 aliphatic carbocycles. The second-order valence-electron chi connectivity index (χ2n) is 3.80. The summed E-state index contributed by atoms with van der Waals surface area (Å²) in [4.78, 5) is 0. The molecular weight excluding hydrogens is 283 g/mol. The number of nitriles is 1. The number of ether oxygens (including phenoxy) is 1. The second kappa shape index (κ2) is 5.48. The van der Waals surface area contributed by atoms with E-state index in [-0.39, 0.29) is 17.9 Å². The molecule has 4 nitrogen and oxygen atoms in total. The van der Waals surface area contributed by atoms with Gasteiger partial charge in [-0.2, -0.15) is 18.4 Å². The van der Waals surface area contributed by atoms with Gasteiger partial charge in [0.15, 0.2) is 9.84 Å². The minimum absolute atomic E-state index is 0.150. The van der Waals surface area contributed by atoms with E-state index in [9.17, 15) is 21.6 Å². The molecule has 0 fully saturated rings. The van der Waals surface area contributed by atoms with E-state index in [1.54, 1.807) is 6.07 Å². The Bertz CT molecular complexity index is 603. The van der Waals surface area contributed by atoms with Gasteiger partial charge in [-0.05, 0) is 18.2 Å². The van der Waals surface area contributed by atoms with Crippen molar-refractivity contribution in [2.24, 2.45) is 0 Å². The number of sulfone groups is 1. The van der Waals surface area contributed by atoms with E-state index >= 15 is 0 Å². The minimum atomic E-state index is -4.67. The Morgan fingerprint density at radius 1 is 1.37 bits per heavy atom. The third kappa shape index (κ3) is 4.79. The molecule has 1 aromatic rings. The van der Waals surface area contributed by atoms with Crippen LogP contribution < -0.4 is 4.74 Å². The Morgan fingerprint density at radius 2 is 2.00 bits per heavy atom. The van der Waals surface area contributed by atoms with E-state index in [4.69, 9.17) is 10.00 Å². The van der Waals surface area contributed by atoms with Gasteiger partial charge in [0.1, 0.15) is 12.4 Å². The molecule has 0 radical (unpaired) electrons. The fraction of sp³-hybridized carbons (Fsp3) is 0.364. The van der Waals surface area contributed by atoms with Crippen LogP contribution in [0.1, 0.15) is 11.1 Å². The van der Waals surface area contributed by atoms with Crippen LogP contribution in [0.3, 0.4) is 0 Å². The Hall–Kier alpha value is -1.75. The van der Waals surface area contributed by atoms with Gasteiger partial charge in [0, 0.05) is 6.26 Å². The molecule has 1 aromatic carbocycles. The molecule has 0 bridgehead atoms. The third-order valence-corrected chi connectivity index (χ3v) is 3.03. The molecule has 0 unspecified atom stereocenters. The number of alkyl halides is 3. The molecule has 8 heteroatoms. The van der Waals surface area contributed by atoms with Gasteiger partial charge >= 0.3 is 6.18 Å². The molecule has 0 aliphatic heterocycles. The molecule has 0 aliphatic rings. The number of halogens is 3. The Labute approximate surface area is 108 Å². The SMILES string of the molecule is CS(=O)(=O)CCOc1ccc(C#N)cc1C(F)(F)F.